The van der Waals surface area contributed by atoms with Crippen LogP contribution < -0.4 is 15.4 Å². The van der Waals surface area contributed by atoms with Gasteiger partial charge >= 0.3 is 12.1 Å². The van der Waals surface area contributed by atoms with Gasteiger partial charge in [0.1, 0.15) is 5.75 Å². The van der Waals surface area contributed by atoms with Crippen molar-refractivity contribution in [3.05, 3.63) is 54.1 Å². The Hall–Kier alpha value is -3.60. The van der Waals surface area contributed by atoms with E-state index in [0.717, 1.165) is 0 Å². The molecule has 0 aliphatic rings. The lowest BCUT2D eigenvalue weighted by atomic mass is 10.1. The molecule has 10 nitrogen and oxygen atoms in total. The number of carbonyl (C=O) groups is 3. The van der Waals surface area contributed by atoms with Crippen LogP contribution >= 0.6 is 0 Å². The second kappa shape index (κ2) is 11.0. The molecule has 184 valence electrons. The number of alkyl carbamates (subject to hydrolysis) is 1. The molecule has 0 aliphatic heterocycles. The third-order valence-electron chi connectivity index (χ3n) is 4.53. The fourth-order valence-electron chi connectivity index (χ4n) is 2.85. The van der Waals surface area contributed by atoms with Gasteiger partial charge in [-0.3, -0.25) is 9.59 Å². The van der Waals surface area contributed by atoms with Gasteiger partial charge in [-0.25, -0.2) is 13.2 Å². The van der Waals surface area contributed by atoms with Crippen molar-refractivity contribution in [2.75, 3.05) is 19.0 Å². The van der Waals surface area contributed by atoms with Crippen molar-refractivity contribution in [3.63, 3.8) is 0 Å². The molecule has 2 aromatic carbocycles. The normalized spacial score (nSPS) is 12.4. The zero-order valence-electron chi connectivity index (χ0n) is 19.3. The van der Waals surface area contributed by atoms with E-state index in [-0.39, 0.29) is 4.90 Å². The summed E-state index contributed by atoms with van der Waals surface area (Å²) in [5, 5.41) is 12.8. The molecule has 0 radical (unpaired) electrons. The minimum absolute atomic E-state index is 0.235. The summed E-state index contributed by atoms with van der Waals surface area (Å²) in [6.45, 7) is 4.82. The number of nitrogens with one attached hydrogen (secondary N) is 2. The Morgan fingerprint density at radius 1 is 1.00 bits per heavy atom. The van der Waals surface area contributed by atoms with Crippen LogP contribution in [0.5, 0.6) is 5.75 Å². The number of ether oxygens (including phenoxy) is 2. The minimum Gasteiger partial charge on any atom is -0.497 e. The number of carbonyl (C=O) groups excluding carboxylic acids is 2. The first-order valence-electron chi connectivity index (χ1n) is 10.3. The number of hydrogen-bond acceptors (Lipinski definition) is 7. The number of rotatable bonds is 9. The smallest absolute Gasteiger partial charge is 0.407 e. The Morgan fingerprint density at radius 3 is 2.09 bits per heavy atom. The van der Waals surface area contributed by atoms with E-state index in [0.29, 0.717) is 17.0 Å². The predicted octanol–water partition coefficient (Wildman–Crippen LogP) is 3.09. The highest BCUT2D eigenvalue weighted by Crippen LogP contribution is 2.22. The molecule has 3 N–H and O–H groups in total. The summed E-state index contributed by atoms with van der Waals surface area (Å²) in [4.78, 5) is 35.5. The second-order valence-electron chi connectivity index (χ2n) is 8.38. The molecule has 2 aromatic rings. The first-order valence-corrected chi connectivity index (χ1v) is 11.9. The van der Waals surface area contributed by atoms with Gasteiger partial charge in [0.05, 0.1) is 18.6 Å². The van der Waals surface area contributed by atoms with Gasteiger partial charge in [-0.2, -0.15) is 0 Å². The molecule has 0 aliphatic carbocycles. The molecule has 0 spiro atoms. The molecular weight excluding hydrogens is 464 g/mol. The Balaban J connectivity index is 2.06. The van der Waals surface area contributed by atoms with E-state index >= 15 is 0 Å². The third kappa shape index (κ3) is 7.48. The molecule has 0 saturated carbocycles. The first kappa shape index (κ1) is 26.7. The molecule has 1 atom stereocenters. The average molecular weight is 493 g/mol. The SMILES string of the molecule is COc1ccc(C(=O)Nc2ccc(S(=O)(=O)C(CCOC(=O)NC(C)(C)C)C(=O)O)cc2)cc1. The lowest BCUT2D eigenvalue weighted by Gasteiger charge is -2.20. The topological polar surface area (TPSA) is 148 Å². The monoisotopic (exact) mass is 492 g/mol. The fourth-order valence-corrected chi connectivity index (χ4v) is 4.37. The average Bonchev–Trinajstić information content (AvgIpc) is 2.75. The highest BCUT2D eigenvalue weighted by atomic mass is 32.2. The van der Waals surface area contributed by atoms with Crippen LogP contribution in [0, 0.1) is 0 Å². The van der Waals surface area contributed by atoms with Crippen LogP contribution in [0.3, 0.4) is 0 Å². The molecule has 2 amide bonds. The van der Waals surface area contributed by atoms with Crippen molar-refractivity contribution < 1.29 is 37.4 Å². The zero-order valence-corrected chi connectivity index (χ0v) is 20.1. The van der Waals surface area contributed by atoms with Gasteiger partial charge in [0.15, 0.2) is 15.1 Å². The van der Waals surface area contributed by atoms with Crippen molar-refractivity contribution in [1.29, 1.82) is 0 Å². The van der Waals surface area contributed by atoms with E-state index in [9.17, 15) is 27.9 Å². The van der Waals surface area contributed by atoms with Crippen LogP contribution in [0.25, 0.3) is 0 Å². The number of sulfone groups is 1. The summed E-state index contributed by atoms with van der Waals surface area (Å²) in [6, 6.07) is 11.6. The molecule has 0 saturated heterocycles. The molecule has 11 heteroatoms. The van der Waals surface area contributed by atoms with Gasteiger partial charge in [-0.05, 0) is 69.3 Å². The van der Waals surface area contributed by atoms with E-state index < -0.39 is 51.6 Å². The summed E-state index contributed by atoms with van der Waals surface area (Å²) < 4.78 is 35.7. The summed E-state index contributed by atoms with van der Waals surface area (Å²) in [6.07, 6.45) is -1.20. The second-order valence-corrected chi connectivity index (χ2v) is 10.5. The number of amides is 2. The van der Waals surface area contributed by atoms with Crippen molar-refractivity contribution in [1.82, 2.24) is 5.32 Å². The van der Waals surface area contributed by atoms with Crippen LogP contribution in [0.15, 0.2) is 53.4 Å². The lowest BCUT2D eigenvalue weighted by Crippen LogP contribution is -2.41. The number of hydrogen-bond donors (Lipinski definition) is 3. The lowest BCUT2D eigenvalue weighted by molar-refractivity contribution is -0.136. The zero-order chi connectivity index (χ0) is 25.5. The minimum atomic E-state index is -4.28. The van der Waals surface area contributed by atoms with Crippen molar-refractivity contribution in [2.45, 2.75) is 42.9 Å². The predicted molar refractivity (Wildman–Crippen MR) is 125 cm³/mol. The van der Waals surface area contributed by atoms with Crippen molar-refractivity contribution >= 4 is 33.5 Å². The van der Waals surface area contributed by atoms with E-state index in [4.69, 9.17) is 9.47 Å². The van der Waals surface area contributed by atoms with Crippen LogP contribution in [0.1, 0.15) is 37.6 Å². The summed E-state index contributed by atoms with van der Waals surface area (Å²) in [7, 11) is -2.77. The maximum atomic E-state index is 12.9. The molecule has 0 heterocycles. The van der Waals surface area contributed by atoms with Gasteiger partial charge in [0, 0.05) is 23.2 Å². The molecule has 1 unspecified atom stereocenters. The molecule has 0 bridgehead atoms. The highest BCUT2D eigenvalue weighted by Gasteiger charge is 2.34. The maximum Gasteiger partial charge on any atom is 0.407 e. The van der Waals surface area contributed by atoms with Crippen LogP contribution in [0.4, 0.5) is 10.5 Å². The number of anilines is 1. The van der Waals surface area contributed by atoms with E-state index in [1.807, 2.05) is 0 Å². The molecule has 0 aromatic heterocycles. The number of benzene rings is 2. The van der Waals surface area contributed by atoms with Crippen molar-refractivity contribution in [3.8, 4) is 5.75 Å². The van der Waals surface area contributed by atoms with Crippen LogP contribution in [0.2, 0.25) is 0 Å². The fraction of sp³-hybridized carbons (Fsp3) is 0.348. The molecular formula is C23H28N2O8S. The van der Waals surface area contributed by atoms with Crippen LogP contribution in [-0.4, -0.2) is 56.0 Å². The Labute approximate surface area is 198 Å². The molecule has 34 heavy (non-hydrogen) atoms. The van der Waals surface area contributed by atoms with Gasteiger partial charge in [-0.1, -0.05) is 0 Å². The molecule has 2 rings (SSSR count). The summed E-state index contributed by atoms with van der Waals surface area (Å²) in [5.74, 6) is -1.37. The molecule has 0 fully saturated rings. The van der Waals surface area contributed by atoms with E-state index in [1.54, 1.807) is 45.0 Å². The van der Waals surface area contributed by atoms with Gasteiger partial charge in [0.25, 0.3) is 5.91 Å². The maximum absolute atomic E-state index is 12.9. The Kier molecular flexibility index (Phi) is 8.63. The number of carboxylic acids is 1. The largest absolute Gasteiger partial charge is 0.497 e. The van der Waals surface area contributed by atoms with E-state index in [1.165, 1.54) is 31.4 Å². The number of methoxy groups -OCH3 is 1. The van der Waals surface area contributed by atoms with Gasteiger partial charge in [0.2, 0.25) is 0 Å². The van der Waals surface area contributed by atoms with Crippen molar-refractivity contribution in [2.24, 2.45) is 0 Å². The van der Waals surface area contributed by atoms with Crippen LogP contribution in [-0.2, 0) is 19.4 Å². The summed E-state index contributed by atoms with van der Waals surface area (Å²) in [5.41, 5.74) is 0.146. The quantitative estimate of drug-likeness (QED) is 0.484. The standard InChI is InChI=1S/C23H28N2O8S/c1-23(2,3)25-22(29)33-14-13-19(21(27)28)34(30,31)18-11-7-16(8-12-18)24-20(26)15-5-9-17(32-4)10-6-15/h5-12,19H,13-14H2,1-4H3,(H,24,26)(H,25,29)(H,27,28). The third-order valence-corrected chi connectivity index (χ3v) is 6.65. The van der Waals surface area contributed by atoms with Gasteiger partial charge in [-0.15, -0.1) is 0 Å². The summed E-state index contributed by atoms with van der Waals surface area (Å²) >= 11 is 0. The number of carboxylic acid groups (broad SMARTS) is 1. The first-order chi connectivity index (χ1) is 15.8. The van der Waals surface area contributed by atoms with E-state index in [2.05, 4.69) is 10.6 Å². The highest BCUT2D eigenvalue weighted by molar-refractivity contribution is 7.92. The Morgan fingerprint density at radius 2 is 1.59 bits per heavy atom. The number of aliphatic carboxylic acids is 1. The Bertz CT molecular complexity index is 1120. The van der Waals surface area contributed by atoms with Gasteiger partial charge < -0.3 is 25.2 Å².